The molecule has 7 nitrogen and oxygen atoms in total. The van der Waals surface area contributed by atoms with Crippen LogP contribution < -0.4 is 10.6 Å². The third-order valence-electron chi connectivity index (χ3n) is 2.02. The molecule has 3 amide bonds. The zero-order chi connectivity index (χ0) is 16.0. The number of carbonyl (C=O) groups excluding carboxylic acids is 3. The molecule has 0 bridgehead atoms. The molecule has 0 atom stereocenters. The molecule has 0 unspecified atom stereocenters. The number of halogens is 1. The SMILES string of the molecule is CC(C)(C)NC(=O)NC(=O)COC(=O)c1cncc(Br)c1. The van der Waals surface area contributed by atoms with Gasteiger partial charge in [0.15, 0.2) is 6.61 Å². The van der Waals surface area contributed by atoms with Gasteiger partial charge in [-0.25, -0.2) is 9.59 Å². The lowest BCUT2D eigenvalue weighted by atomic mass is 10.1. The van der Waals surface area contributed by atoms with Crippen molar-refractivity contribution < 1.29 is 19.1 Å². The molecular formula is C13H16BrN3O4. The van der Waals surface area contributed by atoms with Crippen LogP contribution in [-0.2, 0) is 9.53 Å². The predicted octanol–water partition coefficient (Wildman–Crippen LogP) is 1.63. The minimum absolute atomic E-state index is 0.205. The summed E-state index contributed by atoms with van der Waals surface area (Å²) >= 11 is 3.17. The number of esters is 1. The van der Waals surface area contributed by atoms with Crippen molar-refractivity contribution in [3.8, 4) is 0 Å². The molecule has 8 heteroatoms. The predicted molar refractivity (Wildman–Crippen MR) is 78.6 cm³/mol. The molecular weight excluding hydrogens is 342 g/mol. The van der Waals surface area contributed by atoms with E-state index >= 15 is 0 Å². The van der Waals surface area contributed by atoms with Crippen molar-refractivity contribution in [2.75, 3.05) is 6.61 Å². The van der Waals surface area contributed by atoms with Gasteiger partial charge in [-0.05, 0) is 42.8 Å². The first kappa shape index (κ1) is 17.1. The second kappa shape index (κ2) is 7.16. The summed E-state index contributed by atoms with van der Waals surface area (Å²) in [5.41, 5.74) is -0.264. The first-order valence-electron chi connectivity index (χ1n) is 6.07. The lowest BCUT2D eigenvalue weighted by molar-refractivity contribution is -0.123. The number of hydrogen-bond acceptors (Lipinski definition) is 5. The molecule has 0 aliphatic carbocycles. The van der Waals surface area contributed by atoms with E-state index in [2.05, 4.69) is 31.5 Å². The maximum Gasteiger partial charge on any atom is 0.340 e. The van der Waals surface area contributed by atoms with E-state index in [1.54, 1.807) is 20.8 Å². The number of pyridine rings is 1. The first-order valence-corrected chi connectivity index (χ1v) is 6.86. The number of nitrogens with zero attached hydrogens (tertiary/aromatic N) is 1. The lowest BCUT2D eigenvalue weighted by Crippen LogP contribution is -2.49. The van der Waals surface area contributed by atoms with Crippen LogP contribution in [0.4, 0.5) is 4.79 Å². The van der Waals surface area contributed by atoms with Gasteiger partial charge in [0.2, 0.25) is 0 Å². The summed E-state index contributed by atoms with van der Waals surface area (Å²) in [5.74, 6) is -1.41. The van der Waals surface area contributed by atoms with Gasteiger partial charge in [0.05, 0.1) is 5.56 Å². The highest BCUT2D eigenvalue weighted by atomic mass is 79.9. The molecule has 1 rings (SSSR count). The maximum absolute atomic E-state index is 11.7. The van der Waals surface area contributed by atoms with E-state index in [9.17, 15) is 14.4 Å². The summed E-state index contributed by atoms with van der Waals surface area (Å²) in [6.45, 7) is 4.77. The molecule has 2 N–H and O–H groups in total. The Bertz CT molecular complexity index is 555. The Morgan fingerprint density at radius 3 is 2.52 bits per heavy atom. The van der Waals surface area contributed by atoms with Crippen molar-refractivity contribution in [1.29, 1.82) is 0 Å². The second-order valence-corrected chi connectivity index (χ2v) is 6.14. The van der Waals surface area contributed by atoms with E-state index in [1.165, 1.54) is 18.5 Å². The number of nitrogens with one attached hydrogen (secondary N) is 2. The Hall–Kier alpha value is -1.96. The molecule has 0 aliphatic rings. The molecule has 0 spiro atoms. The van der Waals surface area contributed by atoms with Crippen molar-refractivity contribution in [3.63, 3.8) is 0 Å². The summed E-state index contributed by atoms with van der Waals surface area (Å²) in [5, 5.41) is 4.61. The Labute approximate surface area is 130 Å². The molecule has 0 aromatic carbocycles. The number of carbonyl (C=O) groups is 3. The summed E-state index contributed by atoms with van der Waals surface area (Å²) < 4.78 is 5.40. The molecule has 21 heavy (non-hydrogen) atoms. The molecule has 1 heterocycles. The summed E-state index contributed by atoms with van der Waals surface area (Å²) in [7, 11) is 0. The summed E-state index contributed by atoms with van der Waals surface area (Å²) in [6, 6.07) is 0.868. The van der Waals surface area contributed by atoms with Crippen molar-refractivity contribution in [3.05, 3.63) is 28.5 Å². The Morgan fingerprint density at radius 2 is 1.95 bits per heavy atom. The minimum atomic E-state index is -0.715. The standard InChI is InChI=1S/C13H16BrN3O4/c1-13(2,3)17-12(20)16-10(18)7-21-11(19)8-4-9(14)6-15-5-8/h4-6H,7H2,1-3H3,(H2,16,17,18,20). The molecule has 0 saturated carbocycles. The van der Waals surface area contributed by atoms with Gasteiger partial charge in [0.1, 0.15) is 0 Å². The number of aromatic nitrogens is 1. The topological polar surface area (TPSA) is 97.4 Å². The van der Waals surface area contributed by atoms with Gasteiger partial charge in [0.25, 0.3) is 5.91 Å². The van der Waals surface area contributed by atoms with Crippen LogP contribution in [0.1, 0.15) is 31.1 Å². The van der Waals surface area contributed by atoms with Gasteiger partial charge >= 0.3 is 12.0 Å². The highest BCUT2D eigenvalue weighted by Crippen LogP contribution is 2.10. The Balaban J connectivity index is 2.43. The van der Waals surface area contributed by atoms with Gasteiger partial charge < -0.3 is 10.1 Å². The van der Waals surface area contributed by atoms with Crippen molar-refractivity contribution in [2.24, 2.45) is 0 Å². The summed E-state index contributed by atoms with van der Waals surface area (Å²) in [4.78, 5) is 38.4. The molecule has 0 radical (unpaired) electrons. The molecule has 114 valence electrons. The van der Waals surface area contributed by atoms with Crippen molar-refractivity contribution in [2.45, 2.75) is 26.3 Å². The zero-order valence-corrected chi connectivity index (χ0v) is 13.5. The van der Waals surface area contributed by atoms with E-state index in [1.807, 2.05) is 0 Å². The van der Waals surface area contributed by atoms with Crippen LogP contribution in [0, 0.1) is 0 Å². The van der Waals surface area contributed by atoms with E-state index < -0.39 is 30.1 Å². The Kier molecular flexibility index (Phi) is 5.83. The third kappa shape index (κ3) is 6.84. The lowest BCUT2D eigenvalue weighted by Gasteiger charge is -2.20. The van der Waals surface area contributed by atoms with Crippen LogP contribution in [0.15, 0.2) is 22.9 Å². The van der Waals surface area contributed by atoms with Gasteiger partial charge in [-0.2, -0.15) is 0 Å². The fourth-order valence-corrected chi connectivity index (χ4v) is 1.64. The number of urea groups is 1. The van der Waals surface area contributed by atoms with Gasteiger partial charge in [-0.15, -0.1) is 0 Å². The van der Waals surface area contributed by atoms with Crippen molar-refractivity contribution >= 4 is 33.8 Å². The normalized spacial score (nSPS) is 10.7. The van der Waals surface area contributed by atoms with E-state index in [4.69, 9.17) is 4.74 Å². The molecule has 0 aliphatic heterocycles. The molecule has 0 saturated heterocycles. The molecule has 1 aromatic heterocycles. The molecule has 1 aromatic rings. The average Bonchev–Trinajstić information content (AvgIpc) is 2.33. The van der Waals surface area contributed by atoms with E-state index in [0.717, 1.165) is 0 Å². The number of rotatable bonds is 3. The first-order chi connectivity index (χ1) is 9.67. The van der Waals surface area contributed by atoms with Gasteiger partial charge in [0, 0.05) is 22.4 Å². The molecule has 0 fully saturated rings. The highest BCUT2D eigenvalue weighted by Gasteiger charge is 2.17. The second-order valence-electron chi connectivity index (χ2n) is 5.22. The van der Waals surface area contributed by atoms with Gasteiger partial charge in [-0.3, -0.25) is 15.1 Å². The van der Waals surface area contributed by atoms with Crippen LogP contribution in [-0.4, -0.2) is 35.0 Å². The fraction of sp³-hybridized carbons (Fsp3) is 0.385. The monoisotopic (exact) mass is 357 g/mol. The van der Waals surface area contributed by atoms with Crippen LogP contribution in [0.3, 0.4) is 0 Å². The smallest absolute Gasteiger partial charge is 0.340 e. The fourth-order valence-electron chi connectivity index (χ4n) is 1.27. The Morgan fingerprint density at radius 1 is 1.29 bits per heavy atom. The number of ether oxygens (including phenoxy) is 1. The van der Waals surface area contributed by atoms with E-state index in [-0.39, 0.29) is 5.56 Å². The minimum Gasteiger partial charge on any atom is -0.452 e. The van der Waals surface area contributed by atoms with Crippen LogP contribution in [0.2, 0.25) is 0 Å². The highest BCUT2D eigenvalue weighted by molar-refractivity contribution is 9.10. The maximum atomic E-state index is 11.7. The number of hydrogen-bond donors (Lipinski definition) is 2. The van der Waals surface area contributed by atoms with Crippen molar-refractivity contribution in [1.82, 2.24) is 15.6 Å². The van der Waals surface area contributed by atoms with Crippen LogP contribution >= 0.6 is 15.9 Å². The van der Waals surface area contributed by atoms with E-state index in [0.29, 0.717) is 4.47 Å². The number of amides is 3. The van der Waals surface area contributed by atoms with Crippen LogP contribution in [0.5, 0.6) is 0 Å². The third-order valence-corrected chi connectivity index (χ3v) is 2.45. The number of imide groups is 1. The largest absolute Gasteiger partial charge is 0.452 e. The average molecular weight is 358 g/mol. The zero-order valence-electron chi connectivity index (χ0n) is 11.9. The quantitative estimate of drug-likeness (QED) is 0.801. The van der Waals surface area contributed by atoms with Gasteiger partial charge in [-0.1, -0.05) is 0 Å². The summed E-state index contributed by atoms with van der Waals surface area (Å²) in [6.07, 6.45) is 2.83. The van der Waals surface area contributed by atoms with Crippen LogP contribution in [0.25, 0.3) is 0 Å².